The van der Waals surface area contributed by atoms with Crippen LogP contribution in [0.4, 0.5) is 5.69 Å². The van der Waals surface area contributed by atoms with Gasteiger partial charge in [0.25, 0.3) is 0 Å². The maximum atomic E-state index is 5.43. The van der Waals surface area contributed by atoms with Crippen LogP contribution in [0.5, 0.6) is 0 Å². The molecule has 58 heavy (non-hydrogen) atoms. The highest BCUT2D eigenvalue weighted by atomic mass is 15.1. The van der Waals surface area contributed by atoms with E-state index >= 15 is 0 Å². The second-order valence-corrected chi connectivity index (χ2v) is 14.7. The van der Waals surface area contributed by atoms with Gasteiger partial charge in [-0.3, -0.25) is 4.98 Å². The summed E-state index contributed by atoms with van der Waals surface area (Å²) in [6, 6.07) is 77.6. The lowest BCUT2D eigenvalue weighted by Crippen LogP contribution is -2.32. The van der Waals surface area contributed by atoms with Crippen LogP contribution < -0.4 is 5.32 Å². The first-order valence-corrected chi connectivity index (χ1v) is 19.7. The number of nitrogens with one attached hydrogen (secondary N) is 1. The molecule has 3 nitrogen and oxygen atoms in total. The number of hydrogen-bond donors (Lipinski definition) is 1. The van der Waals surface area contributed by atoms with Crippen molar-refractivity contribution < 1.29 is 0 Å². The zero-order valence-electron chi connectivity index (χ0n) is 31.8. The van der Waals surface area contributed by atoms with Gasteiger partial charge in [-0.05, 0) is 104 Å². The van der Waals surface area contributed by atoms with E-state index in [1.165, 1.54) is 27.8 Å². The second kappa shape index (κ2) is 15.5. The van der Waals surface area contributed by atoms with Crippen molar-refractivity contribution in [3.8, 4) is 66.9 Å². The smallest absolute Gasteiger partial charge is 0.134 e. The van der Waals surface area contributed by atoms with Crippen LogP contribution in [0.1, 0.15) is 22.7 Å². The molecule has 1 N–H and O–H groups in total. The molecule has 0 bridgehead atoms. The average Bonchev–Trinajstić information content (AvgIpc) is 3.32. The lowest BCUT2D eigenvalue weighted by molar-refractivity contribution is 0.749. The van der Waals surface area contributed by atoms with E-state index in [2.05, 4.69) is 210 Å². The lowest BCUT2D eigenvalue weighted by atomic mass is 9.90. The minimum atomic E-state index is -0.0803. The largest absolute Gasteiger partial charge is 0.359 e. The Morgan fingerprint density at radius 2 is 0.776 bits per heavy atom. The first kappa shape index (κ1) is 34.8. The molecule has 2 heterocycles. The van der Waals surface area contributed by atoms with Gasteiger partial charge in [0.15, 0.2) is 0 Å². The number of hydrogen-bond acceptors (Lipinski definition) is 3. The van der Waals surface area contributed by atoms with Crippen molar-refractivity contribution in [2.75, 3.05) is 0 Å². The van der Waals surface area contributed by atoms with Gasteiger partial charge in [0, 0.05) is 22.9 Å². The highest BCUT2D eigenvalue weighted by molar-refractivity contribution is 6.04. The van der Waals surface area contributed by atoms with E-state index < -0.39 is 0 Å². The van der Waals surface area contributed by atoms with E-state index in [1.807, 2.05) is 24.4 Å². The summed E-state index contributed by atoms with van der Waals surface area (Å²) in [5.74, 6) is 0.839. The Bertz CT molecular complexity index is 2770. The summed E-state index contributed by atoms with van der Waals surface area (Å²) in [5.41, 5.74) is 18.0. The Hall–Kier alpha value is -7.62. The Kier molecular flexibility index (Phi) is 9.30. The summed E-state index contributed by atoms with van der Waals surface area (Å²) in [5, 5.41) is 3.89. The average molecular weight is 742 g/mol. The predicted molar refractivity (Wildman–Crippen MR) is 241 cm³/mol. The summed E-state index contributed by atoms with van der Waals surface area (Å²) in [4.78, 5) is 10.0. The third-order valence-electron chi connectivity index (χ3n) is 11.0. The molecule has 1 aromatic heterocycles. The highest BCUT2D eigenvalue weighted by Crippen LogP contribution is 2.39. The lowest BCUT2D eigenvalue weighted by Gasteiger charge is -2.28. The van der Waals surface area contributed by atoms with Gasteiger partial charge in [-0.15, -0.1) is 0 Å². The summed E-state index contributed by atoms with van der Waals surface area (Å²) < 4.78 is 0. The SMILES string of the molecule is c1ccc(-c2ccc(-c3cc(C4=Nc5cc(-c6cccc(-c7ccccc7)c6)ccc5C(c5ccccc5)N4)cc(-c4ccc(-c5ccccn5)cc4)c3)cc2)cc1. The molecule has 0 radical (unpaired) electrons. The molecule has 0 aliphatic carbocycles. The molecule has 0 saturated carbocycles. The van der Waals surface area contributed by atoms with E-state index in [4.69, 9.17) is 4.99 Å². The topological polar surface area (TPSA) is 37.3 Å². The highest BCUT2D eigenvalue weighted by Gasteiger charge is 2.25. The zero-order valence-corrected chi connectivity index (χ0v) is 31.8. The number of aromatic nitrogens is 1. The molecule has 3 heteroatoms. The minimum absolute atomic E-state index is 0.0803. The van der Waals surface area contributed by atoms with Gasteiger partial charge in [0.2, 0.25) is 0 Å². The van der Waals surface area contributed by atoms with Crippen LogP contribution in [0.15, 0.2) is 230 Å². The van der Waals surface area contributed by atoms with Gasteiger partial charge in [-0.2, -0.15) is 0 Å². The normalized spacial score (nSPS) is 13.2. The van der Waals surface area contributed by atoms with Crippen molar-refractivity contribution in [3.05, 3.63) is 241 Å². The summed E-state index contributed by atoms with van der Waals surface area (Å²) in [6.45, 7) is 0. The van der Waals surface area contributed by atoms with Gasteiger partial charge < -0.3 is 5.32 Å². The number of aliphatic imine (C=N–C) groups is 1. The first-order chi connectivity index (χ1) is 28.7. The molecule has 8 aromatic carbocycles. The summed E-state index contributed by atoms with van der Waals surface area (Å²) in [7, 11) is 0. The summed E-state index contributed by atoms with van der Waals surface area (Å²) in [6.07, 6.45) is 1.84. The standard InChI is InChI=1S/C55H39N3/c1-4-13-38(14-5-1)40-22-24-41(25-23-40)48-34-49(42-26-28-43(29-27-42)52-21-10-11-32-56-52)36-50(35-48)55-57-53-37-47(30-31-51(53)54(58-55)44-17-8-3-9-18-44)46-20-12-19-45(33-46)39-15-6-2-7-16-39/h1-37,54H,(H,57,58). The molecule has 0 fully saturated rings. The van der Waals surface area contributed by atoms with Crippen LogP contribution in [-0.2, 0) is 0 Å². The molecule has 1 aliphatic heterocycles. The molecule has 0 saturated heterocycles. The van der Waals surface area contributed by atoms with Crippen molar-refractivity contribution in [1.82, 2.24) is 10.3 Å². The maximum Gasteiger partial charge on any atom is 0.134 e. The van der Waals surface area contributed by atoms with Crippen LogP contribution in [0.25, 0.3) is 66.9 Å². The van der Waals surface area contributed by atoms with E-state index in [9.17, 15) is 0 Å². The summed E-state index contributed by atoms with van der Waals surface area (Å²) >= 11 is 0. The van der Waals surface area contributed by atoms with Crippen molar-refractivity contribution in [1.29, 1.82) is 0 Å². The number of amidine groups is 1. The second-order valence-electron chi connectivity index (χ2n) is 14.7. The number of pyridine rings is 1. The van der Waals surface area contributed by atoms with E-state index in [0.29, 0.717) is 0 Å². The molecule has 9 aromatic rings. The molecule has 0 spiro atoms. The molecule has 0 amide bonds. The minimum Gasteiger partial charge on any atom is -0.359 e. The van der Waals surface area contributed by atoms with Crippen molar-refractivity contribution in [2.45, 2.75) is 6.04 Å². The van der Waals surface area contributed by atoms with Gasteiger partial charge in [0.05, 0.1) is 17.4 Å². The van der Waals surface area contributed by atoms with Gasteiger partial charge in [-0.1, -0.05) is 176 Å². The van der Waals surface area contributed by atoms with Gasteiger partial charge >= 0.3 is 0 Å². The van der Waals surface area contributed by atoms with Gasteiger partial charge in [-0.25, -0.2) is 4.99 Å². The van der Waals surface area contributed by atoms with Crippen molar-refractivity contribution >= 4 is 11.5 Å². The number of rotatable bonds is 8. The fourth-order valence-electron chi connectivity index (χ4n) is 7.95. The Labute approximate surface area is 339 Å². The molecule has 10 rings (SSSR count). The van der Waals surface area contributed by atoms with Crippen LogP contribution in [0.2, 0.25) is 0 Å². The number of benzene rings is 8. The zero-order chi connectivity index (χ0) is 38.7. The van der Waals surface area contributed by atoms with Gasteiger partial charge in [0.1, 0.15) is 5.84 Å². The number of nitrogens with zero attached hydrogens (tertiary/aromatic N) is 2. The first-order valence-electron chi connectivity index (χ1n) is 19.7. The quantitative estimate of drug-likeness (QED) is 0.168. The Morgan fingerprint density at radius 1 is 0.328 bits per heavy atom. The Morgan fingerprint density at radius 3 is 1.40 bits per heavy atom. The van der Waals surface area contributed by atoms with E-state index in [0.717, 1.165) is 67.3 Å². The molecular formula is C55H39N3. The third-order valence-corrected chi connectivity index (χ3v) is 11.0. The van der Waals surface area contributed by atoms with Crippen LogP contribution in [0.3, 0.4) is 0 Å². The van der Waals surface area contributed by atoms with E-state index in [1.54, 1.807) is 0 Å². The molecule has 1 atom stereocenters. The van der Waals surface area contributed by atoms with Crippen molar-refractivity contribution in [3.63, 3.8) is 0 Å². The number of fused-ring (bicyclic) bond motifs is 1. The van der Waals surface area contributed by atoms with Crippen LogP contribution >= 0.6 is 0 Å². The molecule has 1 unspecified atom stereocenters. The van der Waals surface area contributed by atoms with Crippen molar-refractivity contribution in [2.24, 2.45) is 4.99 Å². The Balaban J connectivity index is 1.10. The molecule has 274 valence electrons. The van der Waals surface area contributed by atoms with E-state index in [-0.39, 0.29) is 6.04 Å². The predicted octanol–water partition coefficient (Wildman–Crippen LogP) is 13.9. The fourth-order valence-corrected chi connectivity index (χ4v) is 7.95. The maximum absolute atomic E-state index is 5.43. The fraction of sp³-hybridized carbons (Fsp3) is 0.0182. The van der Waals surface area contributed by atoms with Crippen LogP contribution in [-0.4, -0.2) is 10.8 Å². The van der Waals surface area contributed by atoms with Crippen LogP contribution in [0, 0.1) is 0 Å². The third kappa shape index (κ3) is 7.13. The monoisotopic (exact) mass is 741 g/mol. The molecular weight excluding hydrogens is 703 g/mol. The molecule has 1 aliphatic rings.